The van der Waals surface area contributed by atoms with E-state index >= 15 is 0 Å². The molecule has 0 aliphatic carbocycles. The van der Waals surface area contributed by atoms with E-state index in [0.29, 0.717) is 16.0 Å². The maximum atomic E-state index is 6.29. The zero-order valence-corrected chi connectivity index (χ0v) is 17.9. The van der Waals surface area contributed by atoms with Crippen molar-refractivity contribution in [3.05, 3.63) is 69.2 Å². The first kappa shape index (κ1) is 20.2. The summed E-state index contributed by atoms with van der Waals surface area (Å²) >= 11 is 12.3. The Bertz CT molecular complexity index is 818. The lowest BCUT2D eigenvalue weighted by Crippen LogP contribution is -2.43. The van der Waals surface area contributed by atoms with Crippen molar-refractivity contribution >= 4 is 23.2 Å². The van der Waals surface area contributed by atoms with Crippen LogP contribution in [0.4, 0.5) is 0 Å². The summed E-state index contributed by atoms with van der Waals surface area (Å²) < 4.78 is 6.29. The van der Waals surface area contributed by atoms with E-state index in [2.05, 4.69) is 40.5 Å². The van der Waals surface area contributed by atoms with Gasteiger partial charge in [-0.1, -0.05) is 53.5 Å². The maximum absolute atomic E-state index is 6.29. The molecule has 1 fully saturated rings. The van der Waals surface area contributed by atoms with Gasteiger partial charge in [0.1, 0.15) is 0 Å². The fourth-order valence-electron chi connectivity index (χ4n) is 4.67. The molecule has 1 N–H and O–H groups in total. The Balaban J connectivity index is 1.36. The molecule has 1 atom stereocenters. The molecular formula is C23H28Cl2N2O. The molecule has 4 rings (SSSR count). The van der Waals surface area contributed by atoms with Crippen LogP contribution < -0.4 is 5.32 Å². The number of likely N-dealkylation sites (N-methyl/N-ethyl adjacent to an activating group) is 1. The fourth-order valence-corrected chi connectivity index (χ4v) is 4.98. The molecule has 0 bridgehead atoms. The molecule has 150 valence electrons. The number of hydrogen-bond donors (Lipinski definition) is 1. The summed E-state index contributed by atoms with van der Waals surface area (Å²) in [7, 11) is 2.00. The van der Waals surface area contributed by atoms with Gasteiger partial charge in [0, 0.05) is 19.6 Å². The fraction of sp³-hybridized carbons (Fsp3) is 0.478. The minimum absolute atomic E-state index is 0.0544. The van der Waals surface area contributed by atoms with Crippen LogP contribution in [0.2, 0.25) is 10.0 Å². The second-order valence-corrected chi connectivity index (χ2v) is 8.81. The van der Waals surface area contributed by atoms with Crippen molar-refractivity contribution in [2.45, 2.75) is 37.4 Å². The average Bonchev–Trinajstić information content (AvgIpc) is 3.07. The van der Waals surface area contributed by atoms with E-state index in [1.807, 2.05) is 19.2 Å². The minimum atomic E-state index is -0.0544. The Labute approximate surface area is 178 Å². The van der Waals surface area contributed by atoms with Crippen molar-refractivity contribution in [2.75, 3.05) is 33.2 Å². The first-order chi connectivity index (χ1) is 13.6. The largest absolute Gasteiger partial charge is 0.365 e. The number of hydrogen-bond acceptors (Lipinski definition) is 3. The van der Waals surface area contributed by atoms with Crippen LogP contribution in [-0.2, 0) is 16.9 Å². The predicted molar refractivity (Wildman–Crippen MR) is 116 cm³/mol. The number of fused-ring (bicyclic) bond motifs is 2. The third kappa shape index (κ3) is 4.10. The van der Waals surface area contributed by atoms with Crippen molar-refractivity contribution < 1.29 is 4.74 Å². The van der Waals surface area contributed by atoms with E-state index in [0.717, 1.165) is 52.0 Å². The van der Waals surface area contributed by atoms with Crippen LogP contribution in [0.15, 0.2) is 42.5 Å². The molecule has 3 nitrogen and oxygen atoms in total. The zero-order chi connectivity index (χ0) is 19.6. The first-order valence-corrected chi connectivity index (χ1v) is 10.9. The number of ether oxygens (including phenoxy) is 1. The summed E-state index contributed by atoms with van der Waals surface area (Å²) in [6.45, 7) is 4.96. The number of likely N-dealkylation sites (tertiary alicyclic amines) is 1. The molecule has 28 heavy (non-hydrogen) atoms. The van der Waals surface area contributed by atoms with E-state index in [9.17, 15) is 0 Å². The third-order valence-corrected chi connectivity index (χ3v) is 7.07. The van der Waals surface area contributed by atoms with Gasteiger partial charge in [-0.25, -0.2) is 0 Å². The topological polar surface area (TPSA) is 24.5 Å². The summed E-state index contributed by atoms with van der Waals surface area (Å²) in [6.07, 6.45) is 3.25. The molecule has 2 aliphatic heterocycles. The van der Waals surface area contributed by atoms with Gasteiger partial charge >= 0.3 is 0 Å². The first-order valence-electron chi connectivity index (χ1n) is 10.2. The molecule has 2 aliphatic rings. The maximum Gasteiger partial charge on any atom is 0.0963 e. The van der Waals surface area contributed by atoms with Crippen molar-refractivity contribution in [2.24, 2.45) is 0 Å². The summed E-state index contributed by atoms with van der Waals surface area (Å²) in [5, 5.41) is 4.58. The van der Waals surface area contributed by atoms with E-state index in [1.165, 1.54) is 16.7 Å². The van der Waals surface area contributed by atoms with Crippen LogP contribution >= 0.6 is 23.2 Å². The molecular weight excluding hydrogens is 391 g/mol. The zero-order valence-electron chi connectivity index (χ0n) is 16.4. The molecule has 2 aromatic carbocycles. The van der Waals surface area contributed by atoms with E-state index < -0.39 is 0 Å². The summed E-state index contributed by atoms with van der Waals surface area (Å²) in [5.41, 5.74) is 3.98. The number of benzene rings is 2. The second kappa shape index (κ2) is 8.73. The molecule has 1 spiro atoms. The van der Waals surface area contributed by atoms with Gasteiger partial charge in [-0.15, -0.1) is 0 Å². The smallest absolute Gasteiger partial charge is 0.0963 e. The Morgan fingerprint density at radius 3 is 2.64 bits per heavy atom. The van der Waals surface area contributed by atoms with Gasteiger partial charge in [0.15, 0.2) is 0 Å². The van der Waals surface area contributed by atoms with Crippen LogP contribution in [0.5, 0.6) is 0 Å². The normalized spacial score (nSPS) is 19.7. The van der Waals surface area contributed by atoms with Gasteiger partial charge in [-0.05, 0) is 67.6 Å². The Kier molecular flexibility index (Phi) is 6.29. The van der Waals surface area contributed by atoms with Gasteiger partial charge < -0.3 is 15.0 Å². The molecule has 5 heteroatoms. The average molecular weight is 419 g/mol. The van der Waals surface area contributed by atoms with Crippen LogP contribution in [0.25, 0.3) is 0 Å². The Morgan fingerprint density at radius 2 is 1.89 bits per heavy atom. The van der Waals surface area contributed by atoms with E-state index in [1.54, 1.807) is 0 Å². The van der Waals surface area contributed by atoms with Gasteiger partial charge in [-0.2, -0.15) is 0 Å². The highest BCUT2D eigenvalue weighted by Crippen LogP contribution is 2.44. The lowest BCUT2D eigenvalue weighted by atomic mass is 9.83. The van der Waals surface area contributed by atoms with Gasteiger partial charge in [0.2, 0.25) is 0 Å². The quantitative estimate of drug-likeness (QED) is 0.696. The van der Waals surface area contributed by atoms with Crippen molar-refractivity contribution in [1.82, 2.24) is 10.2 Å². The van der Waals surface area contributed by atoms with Crippen LogP contribution in [-0.4, -0.2) is 38.1 Å². The van der Waals surface area contributed by atoms with Gasteiger partial charge in [-0.3, -0.25) is 0 Å². The molecule has 1 saturated heterocycles. The minimum Gasteiger partial charge on any atom is -0.365 e. The highest BCUT2D eigenvalue weighted by atomic mass is 35.5. The van der Waals surface area contributed by atoms with Crippen LogP contribution in [0.3, 0.4) is 0 Å². The number of rotatable bonds is 6. The van der Waals surface area contributed by atoms with Crippen LogP contribution in [0, 0.1) is 0 Å². The van der Waals surface area contributed by atoms with Crippen molar-refractivity contribution in [3.63, 3.8) is 0 Å². The summed E-state index contributed by atoms with van der Waals surface area (Å²) in [4.78, 5) is 2.58. The molecule has 2 aromatic rings. The SMILES string of the molecule is CNCC(CCN1CCC2(CC1)OCc1ccccc12)c1ccc(Cl)c(Cl)c1. The summed E-state index contributed by atoms with van der Waals surface area (Å²) in [6, 6.07) is 14.7. The Hall–Kier alpha value is -1.10. The van der Waals surface area contributed by atoms with Gasteiger partial charge in [0.25, 0.3) is 0 Å². The highest BCUT2D eigenvalue weighted by molar-refractivity contribution is 6.42. The predicted octanol–water partition coefficient (Wildman–Crippen LogP) is 5.21. The lowest BCUT2D eigenvalue weighted by molar-refractivity contribution is -0.0789. The highest BCUT2D eigenvalue weighted by Gasteiger charge is 2.42. The van der Waals surface area contributed by atoms with Crippen molar-refractivity contribution in [3.8, 4) is 0 Å². The van der Waals surface area contributed by atoms with Crippen LogP contribution in [0.1, 0.15) is 41.9 Å². The number of halogens is 2. The van der Waals surface area contributed by atoms with Gasteiger partial charge in [0.05, 0.1) is 22.3 Å². The van der Waals surface area contributed by atoms with E-state index in [4.69, 9.17) is 27.9 Å². The summed E-state index contributed by atoms with van der Waals surface area (Å²) in [5.74, 6) is 0.430. The Morgan fingerprint density at radius 1 is 1.11 bits per heavy atom. The molecule has 2 heterocycles. The number of piperidine rings is 1. The van der Waals surface area contributed by atoms with Crippen molar-refractivity contribution in [1.29, 1.82) is 0 Å². The second-order valence-electron chi connectivity index (χ2n) is 8.00. The number of nitrogens with one attached hydrogen (secondary N) is 1. The lowest BCUT2D eigenvalue weighted by Gasteiger charge is -2.39. The molecule has 0 aromatic heterocycles. The molecule has 0 radical (unpaired) electrons. The monoisotopic (exact) mass is 418 g/mol. The molecule has 0 saturated carbocycles. The molecule has 1 unspecified atom stereocenters. The standard InChI is InChI=1S/C23H28Cl2N2O/c1-26-15-18(17-6-7-21(24)22(25)14-17)8-11-27-12-9-23(10-13-27)20-5-3-2-4-19(20)16-28-23/h2-7,14,18,26H,8-13,15-16H2,1H3. The number of nitrogens with zero attached hydrogens (tertiary/aromatic N) is 1. The third-order valence-electron chi connectivity index (χ3n) is 6.34. The molecule has 0 amide bonds. The van der Waals surface area contributed by atoms with E-state index in [-0.39, 0.29) is 5.60 Å².